The Hall–Kier alpha value is -1.77. The van der Waals surface area contributed by atoms with Crippen molar-refractivity contribution in [3.8, 4) is 0 Å². The van der Waals surface area contributed by atoms with Gasteiger partial charge in [-0.25, -0.2) is 0 Å². The number of hydrogen-bond acceptors (Lipinski definition) is 3. The zero-order valence-corrected chi connectivity index (χ0v) is 12.2. The number of hydrogen-bond donors (Lipinski definition) is 1. The molecule has 0 saturated carbocycles. The van der Waals surface area contributed by atoms with Crippen LogP contribution in [0.5, 0.6) is 0 Å². The zero-order valence-electron chi connectivity index (χ0n) is 12.2. The fourth-order valence-corrected chi connectivity index (χ4v) is 3.39. The lowest BCUT2D eigenvalue weighted by atomic mass is 9.96. The minimum absolute atomic E-state index is 0.627. The Morgan fingerprint density at radius 3 is 3.00 bits per heavy atom. The second kappa shape index (κ2) is 5.70. The average Bonchev–Trinajstić information content (AvgIpc) is 2.49. The number of rotatable bonds is 3. The number of anilines is 2. The summed E-state index contributed by atoms with van der Waals surface area (Å²) in [7, 11) is 0. The van der Waals surface area contributed by atoms with Crippen LogP contribution in [0, 0.1) is 0 Å². The number of pyridine rings is 1. The second-order valence-electron chi connectivity index (χ2n) is 5.71. The Kier molecular flexibility index (Phi) is 3.77. The number of fused-ring (bicyclic) bond motifs is 1. The van der Waals surface area contributed by atoms with Crippen LogP contribution in [0.25, 0.3) is 10.9 Å². The van der Waals surface area contributed by atoms with Gasteiger partial charge >= 0.3 is 0 Å². The number of nitrogen functional groups attached to an aromatic ring is 1. The summed E-state index contributed by atoms with van der Waals surface area (Å²) in [6.45, 7) is 3.38. The van der Waals surface area contributed by atoms with E-state index in [9.17, 15) is 0 Å². The highest BCUT2D eigenvalue weighted by Crippen LogP contribution is 2.36. The molecule has 0 bridgehead atoms. The predicted molar refractivity (Wildman–Crippen MR) is 86.0 cm³/mol. The molecule has 1 unspecified atom stereocenters. The summed E-state index contributed by atoms with van der Waals surface area (Å²) in [5, 5.41) is 1.19. The van der Waals surface area contributed by atoms with E-state index in [1.54, 1.807) is 0 Å². The van der Waals surface area contributed by atoms with Crippen LogP contribution in [0.4, 0.5) is 11.4 Å². The maximum Gasteiger partial charge on any atom is 0.0745 e. The number of aromatic nitrogens is 1. The third-order valence-electron chi connectivity index (χ3n) is 4.31. The standard InChI is InChI=1S/C17H23N3/c1-2-7-13-8-5-6-11-20(13)17-14-9-3-4-10-16(14)19-12-15(17)18/h3-4,9-10,12-13H,2,5-8,11,18H2,1H3. The van der Waals surface area contributed by atoms with E-state index >= 15 is 0 Å². The first kappa shape index (κ1) is 13.2. The highest BCUT2D eigenvalue weighted by molar-refractivity contribution is 5.97. The van der Waals surface area contributed by atoms with Gasteiger partial charge in [-0.3, -0.25) is 4.98 Å². The first-order valence-electron chi connectivity index (χ1n) is 7.71. The maximum absolute atomic E-state index is 6.27. The van der Waals surface area contributed by atoms with Gasteiger partial charge in [0.1, 0.15) is 0 Å². The molecule has 1 aliphatic rings. The quantitative estimate of drug-likeness (QED) is 0.916. The van der Waals surface area contributed by atoms with E-state index in [1.807, 2.05) is 12.3 Å². The molecule has 1 atom stereocenters. The molecule has 3 rings (SSSR count). The van der Waals surface area contributed by atoms with Gasteiger partial charge in [0.2, 0.25) is 0 Å². The topological polar surface area (TPSA) is 42.1 Å². The molecule has 2 N–H and O–H groups in total. The van der Waals surface area contributed by atoms with Gasteiger partial charge in [0.15, 0.2) is 0 Å². The minimum Gasteiger partial charge on any atom is -0.396 e. The Morgan fingerprint density at radius 1 is 1.30 bits per heavy atom. The lowest BCUT2D eigenvalue weighted by molar-refractivity contribution is 0.436. The highest BCUT2D eigenvalue weighted by Gasteiger charge is 2.25. The molecule has 0 aliphatic carbocycles. The molecule has 0 amide bonds. The molecule has 20 heavy (non-hydrogen) atoms. The van der Waals surface area contributed by atoms with Gasteiger partial charge in [-0.2, -0.15) is 0 Å². The molecule has 1 fully saturated rings. The third kappa shape index (κ3) is 2.33. The van der Waals surface area contributed by atoms with Gasteiger partial charge in [-0.1, -0.05) is 31.5 Å². The fraction of sp³-hybridized carbons (Fsp3) is 0.471. The number of piperidine rings is 1. The molecule has 1 aliphatic heterocycles. The van der Waals surface area contributed by atoms with Crippen molar-refractivity contribution in [3.05, 3.63) is 30.5 Å². The van der Waals surface area contributed by atoms with E-state index in [4.69, 9.17) is 5.73 Å². The smallest absolute Gasteiger partial charge is 0.0745 e. The molecule has 3 heteroatoms. The highest BCUT2D eigenvalue weighted by atomic mass is 15.2. The van der Waals surface area contributed by atoms with Crippen LogP contribution in [-0.2, 0) is 0 Å². The molecule has 0 radical (unpaired) electrons. The van der Waals surface area contributed by atoms with Crippen LogP contribution < -0.4 is 10.6 Å². The van der Waals surface area contributed by atoms with E-state index in [2.05, 4.69) is 35.0 Å². The van der Waals surface area contributed by atoms with Crippen molar-refractivity contribution in [1.82, 2.24) is 4.98 Å². The van der Waals surface area contributed by atoms with Crippen LogP contribution in [0.1, 0.15) is 39.0 Å². The Balaban J connectivity index is 2.09. The van der Waals surface area contributed by atoms with Crippen LogP contribution in [0.3, 0.4) is 0 Å². The van der Waals surface area contributed by atoms with Gasteiger partial charge in [0, 0.05) is 18.0 Å². The number of nitrogens with zero attached hydrogens (tertiary/aromatic N) is 2. The summed E-state index contributed by atoms with van der Waals surface area (Å²) in [6, 6.07) is 8.95. The van der Waals surface area contributed by atoms with Crippen molar-refractivity contribution in [2.45, 2.75) is 45.1 Å². The monoisotopic (exact) mass is 269 g/mol. The van der Waals surface area contributed by atoms with Crippen LogP contribution >= 0.6 is 0 Å². The largest absolute Gasteiger partial charge is 0.396 e. The van der Waals surface area contributed by atoms with Crippen molar-refractivity contribution in [1.29, 1.82) is 0 Å². The number of nitrogens with two attached hydrogens (primary N) is 1. The second-order valence-corrected chi connectivity index (χ2v) is 5.71. The SMILES string of the molecule is CCCC1CCCCN1c1c(N)cnc2ccccc12. The summed E-state index contributed by atoms with van der Waals surface area (Å²) in [6.07, 6.45) is 8.17. The molecule has 1 aromatic carbocycles. The maximum atomic E-state index is 6.27. The van der Waals surface area contributed by atoms with Crippen molar-refractivity contribution < 1.29 is 0 Å². The van der Waals surface area contributed by atoms with Crippen molar-refractivity contribution >= 4 is 22.3 Å². The van der Waals surface area contributed by atoms with Crippen LogP contribution in [0.2, 0.25) is 0 Å². The van der Waals surface area contributed by atoms with Crippen molar-refractivity contribution in [3.63, 3.8) is 0 Å². The molecular weight excluding hydrogens is 246 g/mol. The Labute approximate surface area is 120 Å². The van der Waals surface area contributed by atoms with E-state index in [1.165, 1.54) is 43.2 Å². The van der Waals surface area contributed by atoms with Crippen molar-refractivity contribution in [2.24, 2.45) is 0 Å². The molecular formula is C17H23N3. The summed E-state index contributed by atoms with van der Waals surface area (Å²) < 4.78 is 0. The van der Waals surface area contributed by atoms with Gasteiger partial charge < -0.3 is 10.6 Å². The first-order valence-corrected chi connectivity index (χ1v) is 7.71. The first-order chi connectivity index (χ1) is 9.81. The molecule has 1 saturated heterocycles. The lowest BCUT2D eigenvalue weighted by Crippen LogP contribution is -2.40. The van der Waals surface area contributed by atoms with Crippen LogP contribution in [-0.4, -0.2) is 17.6 Å². The third-order valence-corrected chi connectivity index (χ3v) is 4.31. The summed E-state index contributed by atoms with van der Waals surface area (Å²) in [5.41, 5.74) is 9.33. The molecule has 2 aromatic rings. The normalized spacial score (nSPS) is 19.4. The van der Waals surface area contributed by atoms with Gasteiger partial charge in [0.05, 0.1) is 23.1 Å². The molecule has 1 aromatic heterocycles. The van der Waals surface area contributed by atoms with Gasteiger partial charge in [0.25, 0.3) is 0 Å². The number of benzene rings is 1. The molecule has 106 valence electrons. The van der Waals surface area contributed by atoms with Gasteiger partial charge in [-0.15, -0.1) is 0 Å². The minimum atomic E-state index is 0.627. The average molecular weight is 269 g/mol. The van der Waals surface area contributed by atoms with Gasteiger partial charge in [-0.05, 0) is 31.7 Å². The Bertz CT molecular complexity index is 592. The van der Waals surface area contributed by atoms with E-state index < -0.39 is 0 Å². The van der Waals surface area contributed by atoms with Crippen LogP contribution in [0.15, 0.2) is 30.5 Å². The molecule has 2 heterocycles. The Morgan fingerprint density at radius 2 is 2.15 bits per heavy atom. The predicted octanol–water partition coefficient (Wildman–Crippen LogP) is 3.98. The fourth-order valence-electron chi connectivity index (χ4n) is 3.39. The zero-order chi connectivity index (χ0) is 13.9. The lowest BCUT2D eigenvalue weighted by Gasteiger charge is -2.38. The summed E-state index contributed by atoms with van der Waals surface area (Å²) in [4.78, 5) is 6.99. The van der Waals surface area contributed by atoms with E-state index in [0.29, 0.717) is 6.04 Å². The number of para-hydroxylation sites is 1. The van der Waals surface area contributed by atoms with E-state index in [-0.39, 0.29) is 0 Å². The summed E-state index contributed by atoms with van der Waals surface area (Å²) >= 11 is 0. The van der Waals surface area contributed by atoms with Crippen molar-refractivity contribution in [2.75, 3.05) is 17.2 Å². The summed E-state index contributed by atoms with van der Waals surface area (Å²) in [5.74, 6) is 0. The molecule has 3 nitrogen and oxygen atoms in total. The molecule has 0 spiro atoms. The van der Waals surface area contributed by atoms with E-state index in [0.717, 1.165) is 17.7 Å².